The topological polar surface area (TPSA) is 51.3 Å². The van der Waals surface area contributed by atoms with E-state index < -0.39 is 0 Å². The minimum Gasteiger partial charge on any atom is -0.360 e. The number of nitrogens with one attached hydrogen (secondary N) is 1. The van der Waals surface area contributed by atoms with Crippen LogP contribution in [0, 0.1) is 5.82 Å². The van der Waals surface area contributed by atoms with Crippen LogP contribution in [0.3, 0.4) is 0 Å². The van der Waals surface area contributed by atoms with Gasteiger partial charge in [-0.25, -0.2) is 9.07 Å². The number of aromatic nitrogens is 4. The van der Waals surface area contributed by atoms with E-state index in [4.69, 9.17) is 0 Å². The molecular weight excluding hydrogens is 367 g/mol. The maximum atomic E-state index is 13.2. The van der Waals surface area contributed by atoms with Crippen molar-refractivity contribution in [2.75, 3.05) is 31.1 Å². The van der Waals surface area contributed by atoms with Crippen LogP contribution in [0.4, 0.5) is 10.1 Å². The predicted octanol–water partition coefficient (Wildman–Crippen LogP) is 1.91. The molecule has 7 heteroatoms. The molecule has 1 fully saturated rings. The fourth-order valence-corrected chi connectivity index (χ4v) is 4.21. The molecular formula is C22H28FN6+. The van der Waals surface area contributed by atoms with Crippen LogP contribution in [0.5, 0.6) is 0 Å². The van der Waals surface area contributed by atoms with Crippen molar-refractivity contribution in [3.63, 3.8) is 0 Å². The molecule has 1 aliphatic heterocycles. The smallest absolute Gasteiger partial charge is 0.209 e. The Morgan fingerprint density at radius 3 is 2.45 bits per heavy atom. The van der Waals surface area contributed by atoms with Crippen LogP contribution >= 0.6 is 0 Å². The predicted molar refractivity (Wildman–Crippen MR) is 110 cm³/mol. The molecule has 1 atom stereocenters. The molecule has 2 aromatic carbocycles. The molecule has 0 aliphatic carbocycles. The summed E-state index contributed by atoms with van der Waals surface area (Å²) in [5, 5.41) is 12.6. The van der Waals surface area contributed by atoms with Crippen LogP contribution in [-0.4, -0.2) is 46.4 Å². The second-order valence-electron chi connectivity index (χ2n) is 7.58. The first kappa shape index (κ1) is 19.5. The number of hydrogen-bond acceptors (Lipinski definition) is 4. The Balaban J connectivity index is 1.39. The van der Waals surface area contributed by atoms with Gasteiger partial charge in [0.15, 0.2) is 0 Å². The van der Waals surface area contributed by atoms with Gasteiger partial charge in [-0.15, -0.1) is 5.10 Å². The zero-order valence-corrected chi connectivity index (χ0v) is 16.8. The summed E-state index contributed by atoms with van der Waals surface area (Å²) in [4.78, 5) is 3.84. The number of hydrogen-bond donors (Lipinski definition) is 1. The molecule has 1 aliphatic rings. The van der Waals surface area contributed by atoms with Gasteiger partial charge in [-0.3, -0.25) is 0 Å². The summed E-state index contributed by atoms with van der Waals surface area (Å²) in [7, 11) is 0. The number of benzene rings is 2. The number of nitrogens with zero attached hydrogens (tertiary/aromatic N) is 5. The average molecular weight is 396 g/mol. The fourth-order valence-electron chi connectivity index (χ4n) is 4.21. The lowest BCUT2D eigenvalue weighted by Crippen LogP contribution is -3.15. The Bertz CT molecular complexity index is 887. The molecule has 1 aromatic heterocycles. The first-order valence-electron chi connectivity index (χ1n) is 10.4. The summed E-state index contributed by atoms with van der Waals surface area (Å²) < 4.78 is 15.2. The molecule has 29 heavy (non-hydrogen) atoms. The monoisotopic (exact) mass is 395 g/mol. The van der Waals surface area contributed by atoms with E-state index in [2.05, 4.69) is 51.6 Å². The number of tetrazole rings is 1. The van der Waals surface area contributed by atoms with Crippen molar-refractivity contribution < 1.29 is 9.29 Å². The van der Waals surface area contributed by atoms with E-state index in [-0.39, 0.29) is 11.9 Å². The van der Waals surface area contributed by atoms with Crippen LogP contribution in [0.1, 0.15) is 30.8 Å². The average Bonchev–Trinajstić information content (AvgIpc) is 3.23. The van der Waals surface area contributed by atoms with Gasteiger partial charge in [0.05, 0.1) is 26.2 Å². The second kappa shape index (κ2) is 9.13. The molecule has 0 radical (unpaired) electrons. The van der Waals surface area contributed by atoms with Crippen LogP contribution in [0.25, 0.3) is 0 Å². The Hall–Kier alpha value is -2.80. The minimum atomic E-state index is -0.189. The van der Waals surface area contributed by atoms with E-state index >= 15 is 0 Å². The van der Waals surface area contributed by atoms with Crippen molar-refractivity contribution in [1.82, 2.24) is 20.2 Å². The van der Waals surface area contributed by atoms with E-state index in [1.807, 2.05) is 22.9 Å². The molecule has 0 unspecified atom stereocenters. The van der Waals surface area contributed by atoms with Crippen molar-refractivity contribution >= 4 is 5.69 Å². The molecule has 4 rings (SSSR count). The largest absolute Gasteiger partial charge is 0.360 e. The van der Waals surface area contributed by atoms with E-state index in [1.54, 1.807) is 0 Å². The fraction of sp³-hybridized carbons (Fsp3) is 0.409. The zero-order valence-electron chi connectivity index (χ0n) is 16.8. The molecule has 0 bridgehead atoms. The van der Waals surface area contributed by atoms with Gasteiger partial charge in [-0.2, -0.15) is 0 Å². The third-order valence-electron chi connectivity index (χ3n) is 5.82. The SMILES string of the molecule is CC[C@@H](c1nnnn1CCc1ccccc1)[NH+]1CCN(c2ccc(F)cc2)CC1. The van der Waals surface area contributed by atoms with Crippen molar-refractivity contribution in [3.05, 3.63) is 71.8 Å². The van der Waals surface area contributed by atoms with Crippen LogP contribution in [-0.2, 0) is 13.0 Å². The van der Waals surface area contributed by atoms with Crippen molar-refractivity contribution in [2.24, 2.45) is 0 Å². The van der Waals surface area contributed by atoms with E-state index in [0.29, 0.717) is 0 Å². The van der Waals surface area contributed by atoms with E-state index in [0.717, 1.165) is 57.1 Å². The van der Waals surface area contributed by atoms with Gasteiger partial charge in [-0.1, -0.05) is 37.3 Å². The summed E-state index contributed by atoms with van der Waals surface area (Å²) in [5.41, 5.74) is 2.38. The van der Waals surface area contributed by atoms with Gasteiger partial charge in [0.2, 0.25) is 5.82 Å². The van der Waals surface area contributed by atoms with E-state index in [1.165, 1.54) is 22.6 Å². The summed E-state index contributed by atoms with van der Waals surface area (Å²) in [6, 6.07) is 17.5. The molecule has 0 amide bonds. The minimum absolute atomic E-state index is 0.189. The highest BCUT2D eigenvalue weighted by atomic mass is 19.1. The quantitative estimate of drug-likeness (QED) is 0.664. The summed E-state index contributed by atoms with van der Waals surface area (Å²) >= 11 is 0. The zero-order chi connectivity index (χ0) is 20.1. The second-order valence-corrected chi connectivity index (χ2v) is 7.58. The molecule has 1 N–H and O–H groups in total. The molecule has 0 spiro atoms. The van der Waals surface area contributed by atoms with Gasteiger partial charge in [0, 0.05) is 18.7 Å². The molecule has 3 aromatic rings. The van der Waals surface area contributed by atoms with Gasteiger partial charge in [0.1, 0.15) is 11.9 Å². The van der Waals surface area contributed by atoms with Gasteiger partial charge < -0.3 is 9.80 Å². The first-order valence-corrected chi connectivity index (χ1v) is 10.4. The van der Waals surface area contributed by atoms with E-state index in [9.17, 15) is 4.39 Å². The summed E-state index contributed by atoms with van der Waals surface area (Å²) in [6.45, 7) is 6.92. The van der Waals surface area contributed by atoms with Crippen LogP contribution in [0.15, 0.2) is 54.6 Å². The Kier molecular flexibility index (Phi) is 6.14. The number of aryl methyl sites for hydroxylation is 2. The number of rotatable bonds is 7. The normalized spacial score (nSPS) is 16.1. The first-order chi connectivity index (χ1) is 14.2. The lowest BCUT2D eigenvalue weighted by atomic mass is 10.1. The molecule has 1 saturated heterocycles. The third-order valence-corrected chi connectivity index (χ3v) is 5.82. The molecule has 0 saturated carbocycles. The van der Waals surface area contributed by atoms with Crippen molar-refractivity contribution in [1.29, 1.82) is 0 Å². The van der Waals surface area contributed by atoms with Gasteiger partial charge >= 0.3 is 0 Å². The molecule has 152 valence electrons. The summed E-state index contributed by atoms with van der Waals surface area (Å²) in [5.74, 6) is 0.792. The maximum absolute atomic E-state index is 13.2. The van der Waals surface area contributed by atoms with Gasteiger partial charge in [-0.05, 0) is 46.7 Å². The van der Waals surface area contributed by atoms with Crippen LogP contribution in [0.2, 0.25) is 0 Å². The number of halogens is 1. The standard InChI is InChI=1S/C22H27FN6/c1-2-21(22-24-25-26-29(22)13-12-18-6-4-3-5-7-18)28-16-14-27(15-17-28)20-10-8-19(23)9-11-20/h3-11,21H,2,12-17H2,1H3/p+1/t21-/m0/s1. The molecule has 6 nitrogen and oxygen atoms in total. The maximum Gasteiger partial charge on any atom is 0.209 e. The Morgan fingerprint density at radius 1 is 1.03 bits per heavy atom. The van der Waals surface area contributed by atoms with Crippen molar-refractivity contribution in [2.45, 2.75) is 32.4 Å². The van der Waals surface area contributed by atoms with Crippen LogP contribution < -0.4 is 9.80 Å². The number of quaternary nitrogens is 1. The third kappa shape index (κ3) is 4.62. The summed E-state index contributed by atoms with van der Waals surface area (Å²) in [6.07, 6.45) is 1.92. The number of piperazine rings is 1. The van der Waals surface area contributed by atoms with Gasteiger partial charge in [0.25, 0.3) is 0 Å². The highest BCUT2D eigenvalue weighted by Crippen LogP contribution is 2.16. The van der Waals surface area contributed by atoms with Crippen molar-refractivity contribution in [3.8, 4) is 0 Å². The Labute approximate surface area is 170 Å². The molecule has 2 heterocycles. The lowest BCUT2D eigenvalue weighted by molar-refractivity contribution is -0.933. The number of anilines is 1. The highest BCUT2D eigenvalue weighted by Gasteiger charge is 2.31. The lowest BCUT2D eigenvalue weighted by Gasteiger charge is -2.36. The Morgan fingerprint density at radius 2 is 1.76 bits per heavy atom. The highest BCUT2D eigenvalue weighted by molar-refractivity contribution is 5.46.